The van der Waals surface area contributed by atoms with E-state index in [2.05, 4.69) is 4.98 Å². The number of halogens is 2. The van der Waals surface area contributed by atoms with Crippen molar-refractivity contribution in [2.75, 3.05) is 6.26 Å². The van der Waals surface area contributed by atoms with E-state index in [0.29, 0.717) is 4.57 Å². The lowest BCUT2D eigenvalue weighted by atomic mass is 10.2. The molecular weight excluding hydrogens is 364 g/mol. The molecule has 9 heteroatoms. The number of para-hydroxylation sites is 1. The molecule has 0 spiro atoms. The van der Waals surface area contributed by atoms with Crippen LogP contribution in [0.25, 0.3) is 16.6 Å². The van der Waals surface area contributed by atoms with Crippen LogP contribution in [0.1, 0.15) is 18.8 Å². The number of fused-ring (bicyclic) bond motifs is 1. The number of nitrogens with two attached hydrogens (primary N) is 1. The smallest absolute Gasteiger partial charge is 0.267 e. The first kappa shape index (κ1) is 18.2. The van der Waals surface area contributed by atoms with Crippen molar-refractivity contribution in [1.82, 2.24) is 9.55 Å². The lowest BCUT2D eigenvalue weighted by Gasteiger charge is -2.17. The van der Waals surface area contributed by atoms with Crippen molar-refractivity contribution in [3.05, 3.63) is 64.2 Å². The molecule has 0 aliphatic carbocycles. The highest BCUT2D eigenvalue weighted by atomic mass is 32.2. The Hall–Kier alpha value is -2.65. The van der Waals surface area contributed by atoms with Crippen LogP contribution < -0.4 is 11.3 Å². The molecule has 0 saturated heterocycles. The fourth-order valence-corrected chi connectivity index (χ4v) is 3.64. The molecule has 3 rings (SSSR count). The van der Waals surface area contributed by atoms with Gasteiger partial charge in [-0.3, -0.25) is 9.36 Å². The van der Waals surface area contributed by atoms with E-state index in [1.54, 1.807) is 0 Å². The van der Waals surface area contributed by atoms with Gasteiger partial charge in [-0.2, -0.15) is 0 Å². The zero-order valence-corrected chi connectivity index (χ0v) is 14.7. The summed E-state index contributed by atoms with van der Waals surface area (Å²) in [6.45, 7) is 1.50. The Morgan fingerprint density at radius 1 is 1.12 bits per heavy atom. The van der Waals surface area contributed by atoms with Gasteiger partial charge in [-0.05, 0) is 31.2 Å². The molecule has 1 aromatic heterocycles. The number of sulfone groups is 1. The quantitative estimate of drug-likeness (QED) is 0.752. The molecule has 6 nitrogen and oxygen atoms in total. The van der Waals surface area contributed by atoms with E-state index in [4.69, 9.17) is 5.73 Å². The van der Waals surface area contributed by atoms with Crippen LogP contribution in [0.3, 0.4) is 0 Å². The number of hydrogen-bond donors (Lipinski definition) is 1. The fourth-order valence-electron chi connectivity index (χ4n) is 2.75. The van der Waals surface area contributed by atoms with Gasteiger partial charge < -0.3 is 5.73 Å². The molecule has 136 valence electrons. The van der Waals surface area contributed by atoms with Crippen LogP contribution in [-0.4, -0.2) is 24.2 Å². The van der Waals surface area contributed by atoms with Gasteiger partial charge >= 0.3 is 0 Å². The number of hydrogen-bond acceptors (Lipinski definition) is 5. The van der Waals surface area contributed by atoms with Gasteiger partial charge in [0, 0.05) is 6.26 Å². The van der Waals surface area contributed by atoms with Crippen molar-refractivity contribution >= 4 is 20.7 Å². The van der Waals surface area contributed by atoms with Crippen LogP contribution in [0.2, 0.25) is 0 Å². The standard InChI is InChI=1S/C17H15F2N3O3S/c1-9(20)16-21-12-7-4-8-13(26(2,24)25)14(12)17(23)22(16)15-10(18)5-3-6-11(15)19/h3-9H,20H2,1-2H3. The van der Waals surface area contributed by atoms with Crippen LogP contribution in [-0.2, 0) is 9.84 Å². The second-order valence-electron chi connectivity index (χ2n) is 5.89. The van der Waals surface area contributed by atoms with Crippen molar-refractivity contribution < 1.29 is 17.2 Å². The summed E-state index contributed by atoms with van der Waals surface area (Å²) in [5.41, 5.74) is 4.37. The molecule has 1 unspecified atom stereocenters. The number of rotatable bonds is 3. The second-order valence-corrected chi connectivity index (χ2v) is 7.88. The Kier molecular flexibility index (Phi) is 4.37. The summed E-state index contributed by atoms with van der Waals surface area (Å²) >= 11 is 0. The van der Waals surface area contributed by atoms with E-state index < -0.39 is 38.8 Å². The van der Waals surface area contributed by atoms with Gasteiger partial charge in [-0.1, -0.05) is 12.1 Å². The Morgan fingerprint density at radius 2 is 1.69 bits per heavy atom. The summed E-state index contributed by atoms with van der Waals surface area (Å²) in [7, 11) is -3.78. The first-order valence-electron chi connectivity index (χ1n) is 7.58. The topological polar surface area (TPSA) is 95.1 Å². The number of benzene rings is 2. The SMILES string of the molecule is CC(N)c1nc2cccc(S(C)(=O)=O)c2c(=O)n1-c1c(F)cccc1F. The van der Waals surface area contributed by atoms with Crippen molar-refractivity contribution in [1.29, 1.82) is 0 Å². The molecule has 0 radical (unpaired) electrons. The maximum atomic E-state index is 14.3. The summed E-state index contributed by atoms with van der Waals surface area (Å²) in [6, 6.07) is 6.41. The normalized spacial score (nSPS) is 13.1. The summed E-state index contributed by atoms with van der Waals surface area (Å²) in [6.07, 6.45) is 0.939. The zero-order chi connectivity index (χ0) is 19.2. The van der Waals surface area contributed by atoms with Crippen LogP contribution >= 0.6 is 0 Å². The summed E-state index contributed by atoms with van der Waals surface area (Å²) in [5.74, 6) is -2.07. The lowest BCUT2D eigenvalue weighted by molar-refractivity contribution is 0.555. The Morgan fingerprint density at radius 3 is 2.23 bits per heavy atom. The molecule has 26 heavy (non-hydrogen) atoms. The molecule has 0 fully saturated rings. The minimum absolute atomic E-state index is 0.0817. The van der Waals surface area contributed by atoms with Gasteiger partial charge in [-0.15, -0.1) is 0 Å². The zero-order valence-electron chi connectivity index (χ0n) is 13.9. The number of nitrogens with zero attached hydrogens (tertiary/aromatic N) is 2. The van der Waals surface area contributed by atoms with Crippen LogP contribution in [0.5, 0.6) is 0 Å². The maximum absolute atomic E-state index is 14.3. The summed E-state index contributed by atoms with van der Waals surface area (Å²) in [5, 5.41) is -0.248. The Labute approximate surface area is 147 Å². The van der Waals surface area contributed by atoms with Gasteiger partial charge in [0.15, 0.2) is 9.84 Å². The molecule has 0 aliphatic heterocycles. The van der Waals surface area contributed by atoms with Gasteiger partial charge in [0.25, 0.3) is 5.56 Å². The molecule has 2 N–H and O–H groups in total. The van der Waals surface area contributed by atoms with Crippen molar-refractivity contribution in [2.45, 2.75) is 17.9 Å². The third kappa shape index (κ3) is 2.89. The second kappa shape index (κ2) is 6.26. The van der Waals surface area contributed by atoms with Gasteiger partial charge in [0.05, 0.1) is 21.8 Å². The highest BCUT2D eigenvalue weighted by Gasteiger charge is 2.24. The predicted octanol–water partition coefficient (Wildman–Crippen LogP) is 2.09. The highest BCUT2D eigenvalue weighted by Crippen LogP contribution is 2.24. The lowest BCUT2D eigenvalue weighted by Crippen LogP contribution is -2.29. The molecule has 0 aliphatic rings. The maximum Gasteiger partial charge on any atom is 0.267 e. The van der Waals surface area contributed by atoms with Crippen LogP contribution in [0.15, 0.2) is 46.1 Å². The van der Waals surface area contributed by atoms with Gasteiger partial charge in [-0.25, -0.2) is 22.2 Å². The molecule has 3 aromatic rings. The molecule has 0 bridgehead atoms. The third-order valence-corrected chi connectivity index (χ3v) is 4.99. The predicted molar refractivity (Wildman–Crippen MR) is 93.0 cm³/mol. The van der Waals surface area contributed by atoms with E-state index in [1.807, 2.05) is 0 Å². The molecule has 1 heterocycles. The fraction of sp³-hybridized carbons (Fsp3) is 0.176. The van der Waals surface area contributed by atoms with E-state index in [0.717, 1.165) is 24.5 Å². The van der Waals surface area contributed by atoms with E-state index in [1.165, 1.54) is 25.1 Å². The third-order valence-electron chi connectivity index (χ3n) is 3.85. The van der Waals surface area contributed by atoms with Gasteiger partial charge in [0.1, 0.15) is 23.1 Å². The monoisotopic (exact) mass is 379 g/mol. The molecule has 0 saturated carbocycles. The average Bonchev–Trinajstić information content (AvgIpc) is 2.54. The minimum atomic E-state index is -3.78. The molecular formula is C17H15F2N3O3S. The first-order chi connectivity index (χ1) is 12.1. The minimum Gasteiger partial charge on any atom is -0.322 e. The molecule has 0 amide bonds. The number of aromatic nitrogens is 2. The van der Waals surface area contributed by atoms with Crippen LogP contribution in [0, 0.1) is 11.6 Å². The Bertz CT molecular complexity index is 1170. The summed E-state index contributed by atoms with van der Waals surface area (Å²) in [4.78, 5) is 17.0. The van der Waals surface area contributed by atoms with Crippen molar-refractivity contribution in [2.24, 2.45) is 5.73 Å². The van der Waals surface area contributed by atoms with E-state index >= 15 is 0 Å². The largest absolute Gasteiger partial charge is 0.322 e. The molecule has 2 aromatic carbocycles. The average molecular weight is 379 g/mol. The first-order valence-corrected chi connectivity index (χ1v) is 9.47. The molecule has 1 atom stereocenters. The Balaban J connectivity index is 2.60. The van der Waals surface area contributed by atoms with Crippen LogP contribution in [0.4, 0.5) is 8.78 Å². The summed E-state index contributed by atoms with van der Waals surface area (Å²) < 4.78 is 53.4. The highest BCUT2D eigenvalue weighted by molar-refractivity contribution is 7.91. The van der Waals surface area contributed by atoms with E-state index in [-0.39, 0.29) is 21.6 Å². The van der Waals surface area contributed by atoms with E-state index in [9.17, 15) is 22.0 Å². The van der Waals surface area contributed by atoms with Gasteiger partial charge in [0.2, 0.25) is 0 Å². The van der Waals surface area contributed by atoms with Crippen molar-refractivity contribution in [3.63, 3.8) is 0 Å². The van der Waals surface area contributed by atoms with Crippen molar-refractivity contribution in [3.8, 4) is 5.69 Å².